The number of hydrogen-bond donors (Lipinski definition) is 0. The Kier molecular flexibility index (Phi) is 2.87. The number of ether oxygens (including phenoxy) is 1. The molecule has 1 aliphatic heterocycles. The van der Waals surface area contributed by atoms with Gasteiger partial charge in [-0.15, -0.1) is 0 Å². The van der Waals surface area contributed by atoms with Gasteiger partial charge in [-0.25, -0.2) is 0 Å². The van der Waals surface area contributed by atoms with Crippen molar-refractivity contribution in [1.82, 2.24) is 10.2 Å². The highest BCUT2D eigenvalue weighted by Crippen LogP contribution is 2.17. The second-order valence-electron chi connectivity index (χ2n) is 3.50. The molecule has 0 bridgehead atoms. The standard InChI is InChI=1S/C10H14N2O/c1-4-10(12-11-5-1)7-9-3-2-6-13-8-9/h1,4-5,9H,2-3,6-8H2. The average molecular weight is 178 g/mol. The van der Waals surface area contributed by atoms with Crippen molar-refractivity contribution in [2.45, 2.75) is 19.3 Å². The third-order valence-corrected chi connectivity index (χ3v) is 2.38. The minimum absolute atomic E-state index is 0.644. The number of rotatable bonds is 2. The highest BCUT2D eigenvalue weighted by Gasteiger charge is 2.14. The molecule has 0 spiro atoms. The van der Waals surface area contributed by atoms with E-state index >= 15 is 0 Å². The Morgan fingerprint density at radius 3 is 3.23 bits per heavy atom. The van der Waals surface area contributed by atoms with Gasteiger partial charge in [-0.2, -0.15) is 10.2 Å². The molecular weight excluding hydrogens is 164 g/mol. The molecule has 0 saturated carbocycles. The molecule has 0 amide bonds. The van der Waals surface area contributed by atoms with Gasteiger partial charge in [0.2, 0.25) is 0 Å². The summed E-state index contributed by atoms with van der Waals surface area (Å²) in [5.74, 6) is 0.644. The first-order valence-electron chi connectivity index (χ1n) is 4.79. The van der Waals surface area contributed by atoms with Gasteiger partial charge in [0.1, 0.15) is 0 Å². The lowest BCUT2D eigenvalue weighted by molar-refractivity contribution is 0.0546. The van der Waals surface area contributed by atoms with E-state index in [1.54, 1.807) is 6.20 Å². The fourth-order valence-electron chi connectivity index (χ4n) is 1.71. The lowest BCUT2D eigenvalue weighted by Gasteiger charge is -2.21. The van der Waals surface area contributed by atoms with Crippen LogP contribution in [0.25, 0.3) is 0 Å². The zero-order valence-corrected chi connectivity index (χ0v) is 7.65. The first-order valence-corrected chi connectivity index (χ1v) is 4.79. The maximum absolute atomic E-state index is 5.41. The van der Waals surface area contributed by atoms with Crippen LogP contribution in [-0.4, -0.2) is 23.4 Å². The van der Waals surface area contributed by atoms with E-state index in [4.69, 9.17) is 4.74 Å². The van der Waals surface area contributed by atoms with E-state index in [2.05, 4.69) is 10.2 Å². The second-order valence-corrected chi connectivity index (χ2v) is 3.50. The van der Waals surface area contributed by atoms with Gasteiger partial charge in [0.05, 0.1) is 5.69 Å². The van der Waals surface area contributed by atoms with Crippen molar-refractivity contribution in [1.29, 1.82) is 0 Å². The third-order valence-electron chi connectivity index (χ3n) is 2.38. The van der Waals surface area contributed by atoms with E-state index in [1.165, 1.54) is 12.8 Å². The molecule has 3 nitrogen and oxygen atoms in total. The molecule has 0 aliphatic carbocycles. The van der Waals surface area contributed by atoms with Crippen molar-refractivity contribution in [2.24, 2.45) is 5.92 Å². The van der Waals surface area contributed by atoms with Crippen LogP contribution in [0.4, 0.5) is 0 Å². The van der Waals surface area contributed by atoms with Crippen molar-refractivity contribution >= 4 is 0 Å². The van der Waals surface area contributed by atoms with E-state index in [0.29, 0.717) is 5.92 Å². The van der Waals surface area contributed by atoms with E-state index in [9.17, 15) is 0 Å². The summed E-state index contributed by atoms with van der Waals surface area (Å²) in [5.41, 5.74) is 1.08. The highest BCUT2D eigenvalue weighted by atomic mass is 16.5. The Bertz CT molecular complexity index is 244. The van der Waals surface area contributed by atoms with Crippen molar-refractivity contribution < 1.29 is 4.74 Å². The Morgan fingerprint density at radius 2 is 2.54 bits per heavy atom. The van der Waals surface area contributed by atoms with E-state index < -0.39 is 0 Å². The lowest BCUT2D eigenvalue weighted by Crippen LogP contribution is -2.19. The van der Waals surface area contributed by atoms with Crippen LogP contribution in [0.15, 0.2) is 18.3 Å². The van der Waals surface area contributed by atoms with Crippen LogP contribution in [0.2, 0.25) is 0 Å². The van der Waals surface area contributed by atoms with Crippen molar-refractivity contribution in [3.05, 3.63) is 24.0 Å². The first kappa shape index (κ1) is 8.63. The van der Waals surface area contributed by atoms with Gasteiger partial charge in [0.15, 0.2) is 0 Å². The van der Waals surface area contributed by atoms with Crippen molar-refractivity contribution in [3.8, 4) is 0 Å². The summed E-state index contributed by atoms with van der Waals surface area (Å²) in [5, 5.41) is 7.93. The van der Waals surface area contributed by atoms with E-state index in [0.717, 1.165) is 25.3 Å². The molecule has 1 aromatic rings. The van der Waals surface area contributed by atoms with Crippen LogP contribution < -0.4 is 0 Å². The molecule has 1 fully saturated rings. The van der Waals surface area contributed by atoms with Gasteiger partial charge in [0, 0.05) is 19.4 Å². The van der Waals surface area contributed by atoms with Crippen LogP contribution in [-0.2, 0) is 11.2 Å². The number of nitrogens with zero attached hydrogens (tertiary/aromatic N) is 2. The summed E-state index contributed by atoms with van der Waals surface area (Å²) in [7, 11) is 0. The molecule has 1 aliphatic rings. The minimum Gasteiger partial charge on any atom is -0.381 e. The van der Waals surface area contributed by atoms with Gasteiger partial charge in [0.25, 0.3) is 0 Å². The van der Waals surface area contributed by atoms with Crippen LogP contribution in [0, 0.1) is 5.92 Å². The van der Waals surface area contributed by atoms with Crippen molar-refractivity contribution in [3.63, 3.8) is 0 Å². The summed E-state index contributed by atoms with van der Waals surface area (Å²) in [4.78, 5) is 0. The van der Waals surface area contributed by atoms with E-state index in [1.807, 2.05) is 12.1 Å². The normalized spacial score (nSPS) is 22.9. The molecule has 2 heterocycles. The predicted octanol–water partition coefficient (Wildman–Crippen LogP) is 1.45. The molecule has 1 unspecified atom stereocenters. The molecule has 0 radical (unpaired) electrons. The molecule has 0 N–H and O–H groups in total. The molecule has 70 valence electrons. The molecule has 1 atom stereocenters. The van der Waals surface area contributed by atoms with Gasteiger partial charge < -0.3 is 4.74 Å². The molecule has 3 heteroatoms. The SMILES string of the molecule is c1cnnc(CC2CCCOC2)c1. The van der Waals surface area contributed by atoms with Gasteiger partial charge >= 0.3 is 0 Å². The topological polar surface area (TPSA) is 35.0 Å². The van der Waals surface area contributed by atoms with Crippen molar-refractivity contribution in [2.75, 3.05) is 13.2 Å². The maximum Gasteiger partial charge on any atom is 0.0634 e. The summed E-state index contributed by atoms with van der Waals surface area (Å²) in [6.45, 7) is 1.81. The Morgan fingerprint density at radius 1 is 1.54 bits per heavy atom. The number of hydrogen-bond acceptors (Lipinski definition) is 3. The van der Waals surface area contributed by atoms with Gasteiger partial charge in [-0.3, -0.25) is 0 Å². The van der Waals surface area contributed by atoms with E-state index in [-0.39, 0.29) is 0 Å². The minimum atomic E-state index is 0.644. The van der Waals surface area contributed by atoms with Crippen LogP contribution in [0.1, 0.15) is 18.5 Å². The largest absolute Gasteiger partial charge is 0.381 e. The summed E-state index contributed by atoms with van der Waals surface area (Å²) in [6.07, 6.45) is 5.16. The zero-order valence-electron chi connectivity index (χ0n) is 7.65. The number of aromatic nitrogens is 2. The molecule has 1 aromatic heterocycles. The zero-order chi connectivity index (χ0) is 8.93. The monoisotopic (exact) mass is 178 g/mol. The van der Waals surface area contributed by atoms with Gasteiger partial charge in [-0.1, -0.05) is 0 Å². The average Bonchev–Trinajstić information content (AvgIpc) is 2.21. The van der Waals surface area contributed by atoms with Crippen LogP contribution >= 0.6 is 0 Å². The van der Waals surface area contributed by atoms with Crippen LogP contribution in [0.5, 0.6) is 0 Å². The second kappa shape index (κ2) is 4.33. The van der Waals surface area contributed by atoms with Gasteiger partial charge in [-0.05, 0) is 37.3 Å². The lowest BCUT2D eigenvalue weighted by atomic mass is 9.97. The Labute approximate surface area is 78.1 Å². The van der Waals surface area contributed by atoms with Crippen LogP contribution in [0.3, 0.4) is 0 Å². The molecule has 2 rings (SSSR count). The quantitative estimate of drug-likeness (QED) is 0.687. The maximum atomic E-state index is 5.41. The summed E-state index contributed by atoms with van der Waals surface area (Å²) >= 11 is 0. The molecule has 0 aromatic carbocycles. The molecule has 13 heavy (non-hydrogen) atoms. The molecule has 1 saturated heterocycles. The predicted molar refractivity (Wildman–Crippen MR) is 49.3 cm³/mol. The Hall–Kier alpha value is -0.960. The third kappa shape index (κ3) is 2.49. The fraction of sp³-hybridized carbons (Fsp3) is 0.600. The summed E-state index contributed by atoms with van der Waals surface area (Å²) in [6, 6.07) is 3.97. The Balaban J connectivity index is 1.90. The highest BCUT2D eigenvalue weighted by molar-refractivity contribution is 5.00. The smallest absolute Gasteiger partial charge is 0.0634 e. The fourth-order valence-corrected chi connectivity index (χ4v) is 1.71. The first-order chi connectivity index (χ1) is 6.45. The summed E-state index contributed by atoms with van der Waals surface area (Å²) < 4.78 is 5.41. The molecular formula is C10H14N2O.